The second-order valence-electron chi connectivity index (χ2n) is 7.68. The fraction of sp³-hybridized carbons (Fsp3) is 0.240. The highest BCUT2D eigenvalue weighted by atomic mass is 32.1. The number of thiophene rings is 1. The molecule has 7 nitrogen and oxygen atoms in total. The summed E-state index contributed by atoms with van der Waals surface area (Å²) in [6, 6.07) is 18.9. The summed E-state index contributed by atoms with van der Waals surface area (Å²) >= 11 is 1.46. The van der Waals surface area contributed by atoms with Crippen LogP contribution < -0.4 is 15.5 Å². The van der Waals surface area contributed by atoms with E-state index in [1.165, 1.54) is 23.2 Å². The van der Waals surface area contributed by atoms with Gasteiger partial charge in [-0.15, -0.1) is 11.3 Å². The van der Waals surface area contributed by atoms with Crippen LogP contribution in [0.1, 0.15) is 29.1 Å². The van der Waals surface area contributed by atoms with Crippen molar-refractivity contribution in [3.05, 3.63) is 71.1 Å². The van der Waals surface area contributed by atoms with Crippen molar-refractivity contribution < 1.29 is 19.1 Å². The minimum atomic E-state index is -0.468. The molecule has 2 heterocycles. The number of rotatable bonds is 8. The highest BCUT2D eigenvalue weighted by Gasteiger charge is 2.32. The number of nitrogens with one attached hydrogen (secondary N) is 2. The first-order valence-corrected chi connectivity index (χ1v) is 11.6. The number of ether oxygens (including phenoxy) is 1. The summed E-state index contributed by atoms with van der Waals surface area (Å²) in [5.74, 6) is -0.245. The summed E-state index contributed by atoms with van der Waals surface area (Å²) in [6.45, 7) is 4.73. The summed E-state index contributed by atoms with van der Waals surface area (Å²) in [7, 11) is 0. The van der Waals surface area contributed by atoms with Crippen LogP contribution in [0.2, 0.25) is 0 Å². The van der Waals surface area contributed by atoms with Crippen LogP contribution in [0.5, 0.6) is 0 Å². The third-order valence-corrected chi connectivity index (χ3v) is 6.44. The first kappa shape index (κ1) is 22.5. The van der Waals surface area contributed by atoms with Crippen molar-refractivity contribution in [3.63, 3.8) is 0 Å². The zero-order chi connectivity index (χ0) is 23.4. The molecule has 2 aromatic carbocycles. The molecule has 0 bridgehead atoms. The lowest BCUT2D eigenvalue weighted by molar-refractivity contribution is -0.119. The molecule has 8 heteroatoms. The predicted octanol–water partition coefficient (Wildman–Crippen LogP) is 4.54. The van der Waals surface area contributed by atoms with Crippen LogP contribution in [0, 0.1) is 0 Å². The number of ketones is 1. The van der Waals surface area contributed by atoms with Gasteiger partial charge in [-0.1, -0.05) is 30.3 Å². The SMILES string of the molecule is CCNc1cc(-c2ccccc2)sc1C(=O)c1ccc(N2C[C@H](CNC(C)=O)OC2=O)cc1. The minimum absolute atomic E-state index is 0.0720. The number of anilines is 2. The highest BCUT2D eigenvalue weighted by molar-refractivity contribution is 7.18. The molecule has 1 aromatic heterocycles. The van der Waals surface area contributed by atoms with E-state index in [1.807, 2.05) is 43.3 Å². The number of amides is 2. The van der Waals surface area contributed by atoms with E-state index in [4.69, 9.17) is 4.74 Å². The Morgan fingerprint density at radius 3 is 2.52 bits per heavy atom. The van der Waals surface area contributed by atoms with Gasteiger partial charge in [-0.2, -0.15) is 0 Å². The molecule has 2 N–H and O–H groups in total. The fourth-order valence-corrected chi connectivity index (χ4v) is 4.75. The molecule has 2 amide bonds. The van der Waals surface area contributed by atoms with Crippen LogP contribution in [0.25, 0.3) is 10.4 Å². The van der Waals surface area contributed by atoms with E-state index < -0.39 is 12.2 Å². The molecule has 3 aromatic rings. The Bertz CT molecular complexity index is 1160. The number of hydrogen-bond donors (Lipinski definition) is 2. The predicted molar refractivity (Wildman–Crippen MR) is 130 cm³/mol. The first-order chi connectivity index (χ1) is 16.0. The van der Waals surface area contributed by atoms with Gasteiger partial charge in [-0.05, 0) is 42.8 Å². The average Bonchev–Trinajstić information content (AvgIpc) is 3.42. The fourth-order valence-electron chi connectivity index (χ4n) is 3.65. The van der Waals surface area contributed by atoms with Crippen molar-refractivity contribution in [2.75, 3.05) is 29.9 Å². The van der Waals surface area contributed by atoms with Gasteiger partial charge < -0.3 is 15.4 Å². The molecule has 1 atom stereocenters. The van der Waals surface area contributed by atoms with E-state index in [0.29, 0.717) is 29.2 Å². The van der Waals surface area contributed by atoms with E-state index in [1.54, 1.807) is 24.3 Å². The van der Waals surface area contributed by atoms with Crippen LogP contribution >= 0.6 is 11.3 Å². The first-order valence-electron chi connectivity index (χ1n) is 10.8. The van der Waals surface area contributed by atoms with Crippen LogP contribution in [0.4, 0.5) is 16.2 Å². The lowest BCUT2D eigenvalue weighted by Crippen LogP contribution is -2.33. The van der Waals surface area contributed by atoms with E-state index in [0.717, 1.165) is 16.1 Å². The van der Waals surface area contributed by atoms with E-state index >= 15 is 0 Å². The summed E-state index contributed by atoms with van der Waals surface area (Å²) < 4.78 is 5.31. The third kappa shape index (κ3) is 5.06. The molecule has 0 spiro atoms. The number of cyclic esters (lactones) is 1. The van der Waals surface area contributed by atoms with Gasteiger partial charge >= 0.3 is 6.09 Å². The largest absolute Gasteiger partial charge is 0.442 e. The molecule has 0 radical (unpaired) electrons. The Hall–Kier alpha value is -3.65. The summed E-state index contributed by atoms with van der Waals surface area (Å²) in [6.07, 6.45) is -0.877. The van der Waals surface area contributed by atoms with Crippen LogP contribution in [-0.4, -0.2) is 43.5 Å². The second kappa shape index (κ2) is 9.87. The minimum Gasteiger partial charge on any atom is -0.442 e. The summed E-state index contributed by atoms with van der Waals surface area (Å²) in [5, 5.41) is 5.95. The Kier molecular flexibility index (Phi) is 6.74. The second-order valence-corrected chi connectivity index (χ2v) is 8.73. The highest BCUT2D eigenvalue weighted by Crippen LogP contribution is 2.36. The molecule has 170 valence electrons. The van der Waals surface area contributed by atoms with Gasteiger partial charge in [-0.3, -0.25) is 14.5 Å². The average molecular weight is 464 g/mol. The van der Waals surface area contributed by atoms with Gasteiger partial charge in [0.05, 0.1) is 23.7 Å². The molecule has 0 saturated carbocycles. The van der Waals surface area contributed by atoms with Crippen LogP contribution in [0.3, 0.4) is 0 Å². The molecule has 1 saturated heterocycles. The quantitative estimate of drug-likeness (QED) is 0.479. The Balaban J connectivity index is 1.52. The lowest BCUT2D eigenvalue weighted by atomic mass is 10.1. The number of nitrogens with zero attached hydrogens (tertiary/aromatic N) is 1. The van der Waals surface area contributed by atoms with Crippen molar-refractivity contribution in [1.29, 1.82) is 0 Å². The normalized spacial score (nSPS) is 15.3. The molecular formula is C25H25N3O4S. The third-order valence-electron chi connectivity index (χ3n) is 5.26. The standard InChI is InChI=1S/C25H25N3O4S/c1-3-26-21-13-22(17-7-5-4-6-8-17)33-24(21)23(30)18-9-11-19(12-10-18)28-15-20(32-25(28)31)14-27-16(2)29/h4-13,20,26H,3,14-15H2,1-2H3,(H,27,29)/t20-/m0/s1. The van der Waals surface area contributed by atoms with Gasteiger partial charge in [0.25, 0.3) is 0 Å². The van der Waals surface area contributed by atoms with Gasteiger partial charge in [-0.25, -0.2) is 4.79 Å². The summed E-state index contributed by atoms with van der Waals surface area (Å²) in [5.41, 5.74) is 3.07. The topological polar surface area (TPSA) is 87.7 Å². The monoisotopic (exact) mass is 463 g/mol. The molecular weight excluding hydrogens is 438 g/mol. The van der Waals surface area contributed by atoms with Gasteiger partial charge in [0, 0.05) is 29.6 Å². The smallest absolute Gasteiger partial charge is 0.414 e. The Labute approximate surface area is 196 Å². The molecule has 1 aliphatic rings. The van der Waals surface area contributed by atoms with Crippen molar-refractivity contribution in [2.24, 2.45) is 0 Å². The lowest BCUT2D eigenvalue weighted by Gasteiger charge is -2.13. The maximum atomic E-state index is 13.3. The zero-order valence-electron chi connectivity index (χ0n) is 18.5. The number of carbonyl (C=O) groups excluding carboxylic acids is 3. The van der Waals surface area contributed by atoms with E-state index in [-0.39, 0.29) is 18.2 Å². The molecule has 1 aliphatic heterocycles. The molecule has 33 heavy (non-hydrogen) atoms. The van der Waals surface area contributed by atoms with Crippen molar-refractivity contribution in [3.8, 4) is 10.4 Å². The van der Waals surface area contributed by atoms with Crippen molar-refractivity contribution >= 4 is 40.5 Å². The van der Waals surface area contributed by atoms with Gasteiger partial charge in [0.2, 0.25) is 11.7 Å². The summed E-state index contributed by atoms with van der Waals surface area (Å²) in [4.78, 5) is 39.8. The van der Waals surface area contributed by atoms with Gasteiger partial charge in [0.1, 0.15) is 6.10 Å². The Morgan fingerprint density at radius 2 is 1.85 bits per heavy atom. The maximum absolute atomic E-state index is 13.3. The van der Waals surface area contributed by atoms with Crippen molar-refractivity contribution in [2.45, 2.75) is 20.0 Å². The number of carbonyl (C=O) groups is 3. The van der Waals surface area contributed by atoms with Crippen LogP contribution in [0.15, 0.2) is 60.7 Å². The number of benzene rings is 2. The van der Waals surface area contributed by atoms with E-state index in [2.05, 4.69) is 10.6 Å². The molecule has 1 fully saturated rings. The Morgan fingerprint density at radius 1 is 1.12 bits per heavy atom. The van der Waals surface area contributed by atoms with Gasteiger partial charge in [0.15, 0.2) is 0 Å². The number of hydrogen-bond acceptors (Lipinski definition) is 6. The van der Waals surface area contributed by atoms with E-state index in [9.17, 15) is 14.4 Å². The van der Waals surface area contributed by atoms with Crippen molar-refractivity contribution in [1.82, 2.24) is 5.32 Å². The molecule has 0 unspecified atom stereocenters. The van der Waals surface area contributed by atoms with Crippen LogP contribution in [-0.2, 0) is 9.53 Å². The molecule has 4 rings (SSSR count). The maximum Gasteiger partial charge on any atom is 0.414 e. The molecule has 0 aliphatic carbocycles. The zero-order valence-corrected chi connectivity index (χ0v) is 19.3.